The molecule has 28 heavy (non-hydrogen) atoms. The molecule has 3 rings (SSSR count). The molecule has 0 saturated carbocycles. The van der Waals surface area contributed by atoms with Gasteiger partial charge in [0.05, 0.1) is 19.6 Å². The van der Waals surface area contributed by atoms with Crippen molar-refractivity contribution in [3.05, 3.63) is 65.2 Å². The summed E-state index contributed by atoms with van der Waals surface area (Å²) in [5.41, 5.74) is 2.04. The van der Waals surface area contributed by atoms with Crippen molar-refractivity contribution >= 4 is 11.9 Å². The third kappa shape index (κ3) is 4.34. The van der Waals surface area contributed by atoms with Crippen LogP contribution in [0.3, 0.4) is 0 Å². The molecule has 2 aromatic carbocycles. The Bertz CT molecular complexity index is 847. The van der Waals surface area contributed by atoms with Crippen molar-refractivity contribution in [3.63, 3.8) is 0 Å². The lowest BCUT2D eigenvalue weighted by atomic mass is 9.81. The average Bonchev–Trinajstić information content (AvgIpc) is 2.99. The van der Waals surface area contributed by atoms with Gasteiger partial charge in [-0.05, 0) is 17.2 Å². The molecule has 0 amide bonds. The second-order valence-electron chi connectivity index (χ2n) is 7.19. The summed E-state index contributed by atoms with van der Waals surface area (Å²) in [6, 6.07) is 14.9. The lowest BCUT2D eigenvalue weighted by Gasteiger charge is -2.20. The first-order valence-corrected chi connectivity index (χ1v) is 9.15. The van der Waals surface area contributed by atoms with Crippen molar-refractivity contribution in [2.45, 2.75) is 31.3 Å². The van der Waals surface area contributed by atoms with Gasteiger partial charge < -0.3 is 19.3 Å². The summed E-state index contributed by atoms with van der Waals surface area (Å²) in [6.07, 6.45) is -0.230. The average molecular weight is 384 g/mol. The van der Waals surface area contributed by atoms with E-state index < -0.39 is 23.5 Å². The summed E-state index contributed by atoms with van der Waals surface area (Å²) in [5, 5.41) is 9.18. The highest BCUT2D eigenvalue weighted by Crippen LogP contribution is 2.41. The molecule has 0 aliphatic carbocycles. The molecule has 1 heterocycles. The third-order valence-electron chi connectivity index (χ3n) is 4.97. The first-order valence-electron chi connectivity index (χ1n) is 9.15. The van der Waals surface area contributed by atoms with Crippen molar-refractivity contribution in [3.8, 4) is 5.75 Å². The van der Waals surface area contributed by atoms with E-state index in [1.165, 1.54) is 7.11 Å². The largest absolute Gasteiger partial charge is 0.492 e. The van der Waals surface area contributed by atoms with Crippen molar-refractivity contribution in [2.75, 3.05) is 20.3 Å². The van der Waals surface area contributed by atoms with Crippen molar-refractivity contribution < 1.29 is 28.9 Å². The third-order valence-corrected chi connectivity index (χ3v) is 4.97. The normalized spacial score (nSPS) is 18.8. The zero-order chi connectivity index (χ0) is 20.1. The standard InChI is InChI=1S/C22H24O6/c1-22(13-19(23)24)14-28-18-9-8-15(12-17(18)22)10-11-27-21(25)20(26-2)16-6-4-3-5-7-16/h3-9,12,20H,10-11,13-14H2,1-2H3,(H,23,24)/t20-,22+/m1/s1. The molecule has 148 valence electrons. The van der Waals surface area contributed by atoms with E-state index in [0.717, 1.165) is 16.7 Å². The predicted octanol–water partition coefficient (Wildman–Crippen LogP) is 3.28. The number of ether oxygens (including phenoxy) is 3. The van der Waals surface area contributed by atoms with Gasteiger partial charge in [-0.1, -0.05) is 49.4 Å². The minimum atomic E-state index is -0.857. The monoisotopic (exact) mass is 384 g/mol. The second-order valence-corrected chi connectivity index (χ2v) is 7.19. The van der Waals surface area contributed by atoms with Gasteiger partial charge in [0, 0.05) is 24.5 Å². The number of methoxy groups -OCH3 is 1. The fraction of sp³-hybridized carbons (Fsp3) is 0.364. The number of fused-ring (bicyclic) bond motifs is 1. The van der Waals surface area contributed by atoms with Crippen LogP contribution in [-0.4, -0.2) is 37.4 Å². The van der Waals surface area contributed by atoms with Crippen LogP contribution in [0, 0.1) is 0 Å². The quantitative estimate of drug-likeness (QED) is 0.704. The van der Waals surface area contributed by atoms with Crippen LogP contribution < -0.4 is 4.74 Å². The highest BCUT2D eigenvalue weighted by Gasteiger charge is 2.38. The number of carboxylic acid groups (broad SMARTS) is 1. The van der Waals surface area contributed by atoms with Gasteiger partial charge in [-0.15, -0.1) is 0 Å². The van der Waals surface area contributed by atoms with Crippen LogP contribution >= 0.6 is 0 Å². The van der Waals surface area contributed by atoms with Gasteiger partial charge in [-0.2, -0.15) is 0 Å². The number of carboxylic acids is 1. The van der Waals surface area contributed by atoms with Crippen LogP contribution in [0.25, 0.3) is 0 Å². The SMILES string of the molecule is CO[C@@H](C(=O)OCCc1ccc2c(c1)[C@@](C)(CC(=O)O)CO2)c1ccccc1. The molecule has 0 bridgehead atoms. The smallest absolute Gasteiger partial charge is 0.339 e. The summed E-state index contributed by atoms with van der Waals surface area (Å²) >= 11 is 0. The highest BCUT2D eigenvalue weighted by atomic mass is 16.6. The lowest BCUT2D eigenvalue weighted by Crippen LogP contribution is -2.27. The van der Waals surface area contributed by atoms with Gasteiger partial charge in [-0.3, -0.25) is 4.79 Å². The topological polar surface area (TPSA) is 82.1 Å². The van der Waals surface area contributed by atoms with E-state index in [1.807, 2.05) is 55.5 Å². The fourth-order valence-electron chi connectivity index (χ4n) is 3.47. The second kappa shape index (κ2) is 8.44. The van der Waals surface area contributed by atoms with Crippen LogP contribution in [0.2, 0.25) is 0 Å². The summed E-state index contributed by atoms with van der Waals surface area (Å²) < 4.78 is 16.3. The molecule has 0 spiro atoms. The van der Waals surface area contributed by atoms with Crippen molar-refractivity contribution in [1.29, 1.82) is 0 Å². The van der Waals surface area contributed by atoms with Crippen LogP contribution in [-0.2, 0) is 30.9 Å². The Hall–Kier alpha value is -2.86. The van der Waals surface area contributed by atoms with Gasteiger partial charge >= 0.3 is 11.9 Å². The first-order chi connectivity index (χ1) is 13.4. The number of benzene rings is 2. The molecular weight excluding hydrogens is 360 g/mol. The Morgan fingerprint density at radius 3 is 2.64 bits per heavy atom. The summed E-state index contributed by atoms with van der Waals surface area (Å²) in [4.78, 5) is 23.5. The Morgan fingerprint density at radius 1 is 1.21 bits per heavy atom. The van der Waals surface area contributed by atoms with E-state index in [2.05, 4.69) is 0 Å². The van der Waals surface area contributed by atoms with Crippen LogP contribution in [0.1, 0.15) is 36.1 Å². The van der Waals surface area contributed by atoms with E-state index in [4.69, 9.17) is 14.2 Å². The molecule has 1 aliphatic rings. The number of carbonyl (C=O) groups excluding carboxylic acids is 1. The molecule has 0 fully saturated rings. The number of hydrogen-bond donors (Lipinski definition) is 1. The highest BCUT2D eigenvalue weighted by molar-refractivity contribution is 5.76. The fourth-order valence-corrected chi connectivity index (χ4v) is 3.47. The van der Waals surface area contributed by atoms with E-state index in [0.29, 0.717) is 18.8 Å². The van der Waals surface area contributed by atoms with Crippen molar-refractivity contribution in [1.82, 2.24) is 0 Å². The van der Waals surface area contributed by atoms with E-state index in [-0.39, 0.29) is 13.0 Å². The van der Waals surface area contributed by atoms with Gasteiger partial charge in [-0.25, -0.2) is 4.79 Å². The minimum Gasteiger partial charge on any atom is -0.492 e. The molecule has 0 aromatic heterocycles. The van der Waals surface area contributed by atoms with Gasteiger partial charge in [0.1, 0.15) is 5.75 Å². The molecule has 1 N–H and O–H groups in total. The Morgan fingerprint density at radius 2 is 1.96 bits per heavy atom. The maximum atomic E-state index is 12.3. The first kappa shape index (κ1) is 19.9. The van der Waals surface area contributed by atoms with E-state index in [9.17, 15) is 14.7 Å². The number of aliphatic carboxylic acids is 1. The van der Waals surface area contributed by atoms with Crippen LogP contribution in [0.15, 0.2) is 48.5 Å². The number of esters is 1. The molecular formula is C22H24O6. The summed E-state index contributed by atoms with van der Waals surface area (Å²) in [7, 11) is 1.47. The Labute approximate surface area is 164 Å². The molecule has 6 heteroatoms. The maximum absolute atomic E-state index is 12.3. The number of rotatable bonds is 8. The summed E-state index contributed by atoms with van der Waals surface area (Å²) in [6.45, 7) is 2.44. The molecule has 0 unspecified atom stereocenters. The zero-order valence-corrected chi connectivity index (χ0v) is 16.0. The number of carbonyl (C=O) groups is 2. The molecule has 2 atom stereocenters. The molecule has 1 aliphatic heterocycles. The van der Waals surface area contributed by atoms with E-state index in [1.54, 1.807) is 0 Å². The van der Waals surface area contributed by atoms with Gasteiger partial charge in [0.2, 0.25) is 0 Å². The summed E-state index contributed by atoms with van der Waals surface area (Å²) in [5.74, 6) is -0.577. The molecule has 2 aromatic rings. The van der Waals surface area contributed by atoms with Gasteiger partial charge in [0.25, 0.3) is 0 Å². The number of hydrogen-bond acceptors (Lipinski definition) is 5. The maximum Gasteiger partial charge on any atom is 0.339 e. The minimum absolute atomic E-state index is 0.00499. The molecule has 0 saturated heterocycles. The van der Waals surface area contributed by atoms with Gasteiger partial charge in [0.15, 0.2) is 6.10 Å². The van der Waals surface area contributed by atoms with Crippen LogP contribution in [0.5, 0.6) is 5.75 Å². The Balaban J connectivity index is 1.62. The van der Waals surface area contributed by atoms with E-state index >= 15 is 0 Å². The van der Waals surface area contributed by atoms with Crippen molar-refractivity contribution in [2.24, 2.45) is 0 Å². The Kier molecular flexibility index (Phi) is 5.99. The molecule has 0 radical (unpaired) electrons. The zero-order valence-electron chi connectivity index (χ0n) is 16.0. The lowest BCUT2D eigenvalue weighted by molar-refractivity contribution is -0.155. The molecule has 6 nitrogen and oxygen atoms in total. The predicted molar refractivity (Wildman–Crippen MR) is 102 cm³/mol. The van der Waals surface area contributed by atoms with Crippen LogP contribution in [0.4, 0.5) is 0 Å².